The van der Waals surface area contributed by atoms with Crippen LogP contribution in [-0.4, -0.2) is 10.8 Å². The van der Waals surface area contributed by atoms with E-state index in [1.54, 1.807) is 13.0 Å². The van der Waals surface area contributed by atoms with E-state index in [1.165, 1.54) is 5.56 Å². The minimum Gasteiger partial charge on any atom is -0.293 e. The number of Topliss-reactive ketones (excluding diaryl/α,β-unsaturated/α-hetero) is 1. The lowest BCUT2D eigenvalue weighted by atomic mass is 10.1. The summed E-state index contributed by atoms with van der Waals surface area (Å²) in [7, 11) is 0. The van der Waals surface area contributed by atoms with Gasteiger partial charge in [0.1, 0.15) is 5.69 Å². The first-order chi connectivity index (χ1) is 7.70. The molecule has 0 bridgehead atoms. The van der Waals surface area contributed by atoms with E-state index in [0.717, 1.165) is 23.7 Å². The van der Waals surface area contributed by atoms with Crippen molar-refractivity contribution in [2.75, 3.05) is 0 Å². The van der Waals surface area contributed by atoms with E-state index in [0.29, 0.717) is 5.69 Å². The van der Waals surface area contributed by atoms with E-state index < -0.39 is 0 Å². The summed E-state index contributed by atoms with van der Waals surface area (Å²) in [5, 5.41) is 1.11. The molecule has 0 N–H and O–H groups in total. The number of hydrogen-bond donors (Lipinski definition) is 0. The van der Waals surface area contributed by atoms with Crippen LogP contribution < -0.4 is 0 Å². The lowest BCUT2D eigenvalue weighted by molar-refractivity contribution is 0.101. The van der Waals surface area contributed by atoms with Gasteiger partial charge < -0.3 is 0 Å². The Hall–Kier alpha value is -1.70. The zero-order chi connectivity index (χ0) is 11.5. The van der Waals surface area contributed by atoms with Crippen molar-refractivity contribution in [3.8, 4) is 0 Å². The Bertz CT molecular complexity index is 531. The summed E-state index contributed by atoms with van der Waals surface area (Å²) in [5.41, 5.74) is 2.76. The predicted molar refractivity (Wildman–Crippen MR) is 65.7 cm³/mol. The molecule has 0 radical (unpaired) electrons. The summed E-state index contributed by atoms with van der Waals surface area (Å²) in [6.45, 7) is 3.71. The van der Waals surface area contributed by atoms with Gasteiger partial charge >= 0.3 is 0 Å². The number of pyridine rings is 1. The number of carbonyl (C=O) groups excluding carboxylic acids is 1. The average Bonchev–Trinajstić information content (AvgIpc) is 2.28. The molecule has 1 heterocycles. The smallest absolute Gasteiger partial charge is 0.178 e. The Labute approximate surface area is 95.3 Å². The SMILES string of the molecule is CCCc1ccc2nc(C(C)=O)ccc2c1. The third-order valence-corrected chi connectivity index (χ3v) is 2.65. The lowest BCUT2D eigenvalue weighted by Gasteiger charge is -2.03. The third kappa shape index (κ3) is 2.11. The van der Waals surface area contributed by atoms with Crippen LogP contribution in [0.5, 0.6) is 0 Å². The molecule has 0 saturated heterocycles. The van der Waals surface area contributed by atoms with Gasteiger partial charge in [-0.25, -0.2) is 4.98 Å². The van der Waals surface area contributed by atoms with Gasteiger partial charge in [0.2, 0.25) is 0 Å². The number of hydrogen-bond acceptors (Lipinski definition) is 2. The van der Waals surface area contributed by atoms with Crippen molar-refractivity contribution >= 4 is 16.7 Å². The largest absolute Gasteiger partial charge is 0.293 e. The highest BCUT2D eigenvalue weighted by Crippen LogP contribution is 2.16. The highest BCUT2D eigenvalue weighted by atomic mass is 16.1. The molecule has 1 aromatic carbocycles. The van der Waals surface area contributed by atoms with Crippen LogP contribution in [0.1, 0.15) is 36.3 Å². The van der Waals surface area contributed by atoms with Crippen molar-refractivity contribution in [3.05, 3.63) is 41.6 Å². The fourth-order valence-electron chi connectivity index (χ4n) is 1.82. The molecule has 2 rings (SSSR count). The molecular formula is C14H15NO. The number of fused-ring (bicyclic) bond motifs is 1. The van der Waals surface area contributed by atoms with E-state index >= 15 is 0 Å². The standard InChI is InChI=1S/C14H15NO/c1-3-4-11-5-7-14-12(9-11)6-8-13(15-14)10(2)16/h5-9H,3-4H2,1-2H3. The highest BCUT2D eigenvalue weighted by molar-refractivity contribution is 5.94. The number of aryl methyl sites for hydroxylation is 1. The second kappa shape index (κ2) is 4.44. The van der Waals surface area contributed by atoms with Crippen molar-refractivity contribution in [3.63, 3.8) is 0 Å². The van der Waals surface area contributed by atoms with Crippen molar-refractivity contribution in [2.24, 2.45) is 0 Å². The molecule has 16 heavy (non-hydrogen) atoms. The molecule has 0 saturated carbocycles. The molecule has 0 amide bonds. The van der Waals surface area contributed by atoms with Crippen LogP contribution in [0.25, 0.3) is 10.9 Å². The van der Waals surface area contributed by atoms with Crippen LogP contribution in [0.2, 0.25) is 0 Å². The summed E-state index contributed by atoms with van der Waals surface area (Å²) < 4.78 is 0. The average molecular weight is 213 g/mol. The second-order valence-electron chi connectivity index (χ2n) is 4.03. The molecular weight excluding hydrogens is 198 g/mol. The summed E-state index contributed by atoms with van der Waals surface area (Å²) >= 11 is 0. The summed E-state index contributed by atoms with van der Waals surface area (Å²) in [6, 6.07) is 9.99. The van der Waals surface area contributed by atoms with Crippen LogP contribution in [0.3, 0.4) is 0 Å². The zero-order valence-corrected chi connectivity index (χ0v) is 9.66. The molecule has 2 heteroatoms. The van der Waals surface area contributed by atoms with Gasteiger partial charge in [-0.2, -0.15) is 0 Å². The van der Waals surface area contributed by atoms with Crippen molar-refractivity contribution in [1.29, 1.82) is 0 Å². The van der Waals surface area contributed by atoms with Crippen molar-refractivity contribution in [2.45, 2.75) is 26.7 Å². The maximum atomic E-state index is 11.2. The van der Waals surface area contributed by atoms with Crippen LogP contribution >= 0.6 is 0 Å². The van der Waals surface area contributed by atoms with Gasteiger partial charge in [-0.3, -0.25) is 4.79 Å². The first kappa shape index (κ1) is 10.8. The molecule has 1 aromatic heterocycles. The minimum absolute atomic E-state index is 0.0135. The van der Waals surface area contributed by atoms with Crippen LogP contribution in [0, 0.1) is 0 Å². The monoisotopic (exact) mass is 213 g/mol. The fourth-order valence-corrected chi connectivity index (χ4v) is 1.82. The number of aromatic nitrogens is 1. The quantitative estimate of drug-likeness (QED) is 0.731. The Balaban J connectivity index is 2.48. The Kier molecular flexibility index (Phi) is 3.00. The van der Waals surface area contributed by atoms with Crippen LogP contribution in [0.15, 0.2) is 30.3 Å². The van der Waals surface area contributed by atoms with Crippen LogP contribution in [-0.2, 0) is 6.42 Å². The maximum absolute atomic E-state index is 11.2. The molecule has 82 valence electrons. The number of nitrogens with zero attached hydrogens (tertiary/aromatic N) is 1. The number of ketones is 1. The van der Waals surface area contributed by atoms with Crippen LogP contribution in [0.4, 0.5) is 0 Å². The molecule has 0 atom stereocenters. The molecule has 0 aliphatic carbocycles. The van der Waals surface area contributed by atoms with E-state index in [4.69, 9.17) is 0 Å². The summed E-state index contributed by atoms with van der Waals surface area (Å²) in [5.74, 6) is 0.0135. The molecule has 0 fully saturated rings. The van der Waals surface area contributed by atoms with Gasteiger partial charge in [0.15, 0.2) is 5.78 Å². The minimum atomic E-state index is 0.0135. The number of rotatable bonds is 3. The van der Waals surface area contributed by atoms with Gasteiger partial charge in [-0.1, -0.05) is 25.5 Å². The molecule has 0 aliphatic rings. The fraction of sp³-hybridized carbons (Fsp3) is 0.286. The topological polar surface area (TPSA) is 30.0 Å². The first-order valence-electron chi connectivity index (χ1n) is 5.61. The Morgan fingerprint density at radius 1 is 1.25 bits per heavy atom. The van der Waals surface area contributed by atoms with Gasteiger partial charge in [0, 0.05) is 12.3 Å². The van der Waals surface area contributed by atoms with E-state index in [1.807, 2.05) is 12.1 Å². The Morgan fingerprint density at radius 2 is 2.06 bits per heavy atom. The second-order valence-corrected chi connectivity index (χ2v) is 4.03. The molecule has 0 aliphatic heterocycles. The third-order valence-electron chi connectivity index (χ3n) is 2.65. The highest BCUT2D eigenvalue weighted by Gasteiger charge is 2.03. The number of benzene rings is 1. The molecule has 2 aromatic rings. The van der Waals surface area contributed by atoms with Gasteiger partial charge in [-0.15, -0.1) is 0 Å². The normalized spacial score (nSPS) is 10.6. The van der Waals surface area contributed by atoms with E-state index in [2.05, 4.69) is 24.0 Å². The van der Waals surface area contributed by atoms with E-state index in [9.17, 15) is 4.79 Å². The predicted octanol–water partition coefficient (Wildman–Crippen LogP) is 3.39. The molecule has 0 spiro atoms. The first-order valence-corrected chi connectivity index (χ1v) is 5.61. The summed E-state index contributed by atoms with van der Waals surface area (Å²) in [6.07, 6.45) is 2.23. The van der Waals surface area contributed by atoms with Crippen molar-refractivity contribution < 1.29 is 4.79 Å². The Morgan fingerprint density at radius 3 is 2.75 bits per heavy atom. The lowest BCUT2D eigenvalue weighted by Crippen LogP contribution is -1.96. The maximum Gasteiger partial charge on any atom is 0.178 e. The zero-order valence-electron chi connectivity index (χ0n) is 9.66. The van der Waals surface area contributed by atoms with Gasteiger partial charge in [0.25, 0.3) is 0 Å². The van der Waals surface area contributed by atoms with Gasteiger partial charge in [0.05, 0.1) is 5.52 Å². The van der Waals surface area contributed by atoms with Gasteiger partial charge in [-0.05, 0) is 30.2 Å². The summed E-state index contributed by atoms with van der Waals surface area (Å²) in [4.78, 5) is 15.5. The van der Waals surface area contributed by atoms with E-state index in [-0.39, 0.29) is 5.78 Å². The molecule has 2 nitrogen and oxygen atoms in total. The molecule has 0 unspecified atom stereocenters. The number of carbonyl (C=O) groups is 1. The van der Waals surface area contributed by atoms with Crippen molar-refractivity contribution in [1.82, 2.24) is 4.98 Å².